The highest BCUT2D eigenvalue weighted by Crippen LogP contribution is 2.64. The number of nitrogens with one attached hydrogen (secondary N) is 1. The van der Waals surface area contributed by atoms with Crippen molar-refractivity contribution in [3.05, 3.63) is 36.0 Å². The summed E-state index contributed by atoms with van der Waals surface area (Å²) in [6, 6.07) is 8.30. The third kappa shape index (κ3) is 1.05. The van der Waals surface area contributed by atoms with Gasteiger partial charge in [0, 0.05) is 22.5 Å². The van der Waals surface area contributed by atoms with Crippen LogP contribution >= 0.6 is 0 Å². The molecule has 0 amide bonds. The number of para-hydroxylation sites is 1. The van der Waals surface area contributed by atoms with Gasteiger partial charge in [-0.05, 0) is 23.5 Å². The van der Waals surface area contributed by atoms with E-state index in [1.165, 1.54) is 10.9 Å². The predicted octanol–water partition coefficient (Wildman–Crippen LogP) is 2.83. The maximum atomic E-state index is 9.71. The fraction of sp³-hybridized carbons (Fsp3) is 0.429. The zero-order chi connectivity index (χ0) is 11.4. The molecule has 1 atom stereocenters. The molecule has 3 rings (SSSR count). The van der Waals surface area contributed by atoms with Gasteiger partial charge in [-0.3, -0.25) is 0 Å². The largest absolute Gasteiger partial charge is 0.395 e. The van der Waals surface area contributed by atoms with Crippen LogP contribution in [0.3, 0.4) is 0 Å². The van der Waals surface area contributed by atoms with Gasteiger partial charge in [0.25, 0.3) is 0 Å². The van der Waals surface area contributed by atoms with Crippen LogP contribution in [0.5, 0.6) is 0 Å². The lowest BCUT2D eigenvalue weighted by Crippen LogP contribution is -2.18. The van der Waals surface area contributed by atoms with Crippen LogP contribution in [0, 0.1) is 5.41 Å². The van der Waals surface area contributed by atoms with Crippen LogP contribution in [-0.2, 0) is 5.41 Å². The number of aromatic nitrogens is 1. The monoisotopic (exact) mass is 215 g/mol. The van der Waals surface area contributed by atoms with Crippen molar-refractivity contribution in [1.29, 1.82) is 0 Å². The molecule has 2 heteroatoms. The number of aliphatic hydroxyl groups excluding tert-OH is 1. The fourth-order valence-electron chi connectivity index (χ4n) is 2.99. The van der Waals surface area contributed by atoms with E-state index in [0.29, 0.717) is 0 Å². The summed E-state index contributed by atoms with van der Waals surface area (Å²) in [5, 5.41) is 11.0. The van der Waals surface area contributed by atoms with Crippen LogP contribution in [0.25, 0.3) is 10.9 Å². The van der Waals surface area contributed by atoms with E-state index in [1.807, 2.05) is 6.07 Å². The minimum Gasteiger partial charge on any atom is -0.395 e. The molecule has 0 saturated heterocycles. The molecule has 84 valence electrons. The summed E-state index contributed by atoms with van der Waals surface area (Å²) in [4.78, 5) is 3.30. The van der Waals surface area contributed by atoms with Gasteiger partial charge < -0.3 is 10.1 Å². The zero-order valence-corrected chi connectivity index (χ0v) is 9.75. The lowest BCUT2D eigenvalue weighted by molar-refractivity contribution is 0.232. The van der Waals surface area contributed by atoms with Crippen molar-refractivity contribution in [2.75, 3.05) is 6.61 Å². The molecule has 2 N–H and O–H groups in total. The molecule has 1 aliphatic carbocycles. The number of rotatable bonds is 2. The van der Waals surface area contributed by atoms with Crippen molar-refractivity contribution >= 4 is 10.9 Å². The topological polar surface area (TPSA) is 36.0 Å². The Labute approximate surface area is 95.3 Å². The van der Waals surface area contributed by atoms with Crippen LogP contribution in [0.2, 0.25) is 0 Å². The minimum absolute atomic E-state index is 0.0351. The molecule has 0 radical (unpaired) electrons. The molecule has 1 heterocycles. The standard InChI is InChI=1S/C14H17NO/c1-13(2)8-14(13,9-16)11-7-15-12-6-4-3-5-10(11)12/h3-7,15-16H,8-9H2,1-2H3. The summed E-state index contributed by atoms with van der Waals surface area (Å²) >= 11 is 0. The van der Waals surface area contributed by atoms with Crippen LogP contribution in [0.4, 0.5) is 0 Å². The molecular weight excluding hydrogens is 198 g/mol. The number of hydrogen-bond donors (Lipinski definition) is 2. The van der Waals surface area contributed by atoms with Gasteiger partial charge in [0.1, 0.15) is 0 Å². The summed E-state index contributed by atoms with van der Waals surface area (Å²) in [5.41, 5.74) is 2.61. The van der Waals surface area contributed by atoms with Gasteiger partial charge in [0.2, 0.25) is 0 Å². The number of aromatic amines is 1. The van der Waals surface area contributed by atoms with E-state index in [1.54, 1.807) is 0 Å². The Bertz CT molecular complexity index is 540. The van der Waals surface area contributed by atoms with E-state index in [4.69, 9.17) is 0 Å². The van der Waals surface area contributed by atoms with E-state index >= 15 is 0 Å². The molecule has 1 aromatic carbocycles. The second-order valence-corrected chi connectivity index (χ2v) is 5.55. The third-order valence-electron chi connectivity index (χ3n) is 4.29. The van der Waals surface area contributed by atoms with Crippen LogP contribution < -0.4 is 0 Å². The third-order valence-corrected chi connectivity index (χ3v) is 4.29. The summed E-state index contributed by atoms with van der Waals surface area (Å²) in [6.45, 7) is 4.69. The number of fused-ring (bicyclic) bond motifs is 1. The normalized spacial score (nSPS) is 27.2. The van der Waals surface area contributed by atoms with E-state index in [2.05, 4.69) is 43.2 Å². The second kappa shape index (κ2) is 2.89. The Balaban J connectivity index is 2.20. The molecule has 0 spiro atoms. The molecule has 1 unspecified atom stereocenters. The maximum Gasteiger partial charge on any atom is 0.0534 e. The molecule has 16 heavy (non-hydrogen) atoms. The molecule has 1 saturated carbocycles. The molecular formula is C14H17NO. The van der Waals surface area contributed by atoms with Crippen LogP contribution in [-0.4, -0.2) is 16.7 Å². The first kappa shape index (κ1) is 9.91. The van der Waals surface area contributed by atoms with Gasteiger partial charge in [-0.15, -0.1) is 0 Å². The van der Waals surface area contributed by atoms with Gasteiger partial charge in [-0.1, -0.05) is 32.0 Å². The Morgan fingerprint density at radius 1 is 1.31 bits per heavy atom. The van der Waals surface area contributed by atoms with Gasteiger partial charge in [0.05, 0.1) is 6.61 Å². The predicted molar refractivity (Wildman–Crippen MR) is 65.5 cm³/mol. The first-order valence-electron chi connectivity index (χ1n) is 5.78. The van der Waals surface area contributed by atoms with Crippen molar-refractivity contribution < 1.29 is 5.11 Å². The average molecular weight is 215 g/mol. The van der Waals surface area contributed by atoms with Gasteiger partial charge in [0.15, 0.2) is 0 Å². The molecule has 1 aromatic heterocycles. The zero-order valence-electron chi connectivity index (χ0n) is 9.75. The van der Waals surface area contributed by atoms with E-state index in [9.17, 15) is 5.11 Å². The highest BCUT2D eigenvalue weighted by atomic mass is 16.3. The van der Waals surface area contributed by atoms with Crippen LogP contribution in [0.1, 0.15) is 25.8 Å². The van der Waals surface area contributed by atoms with E-state index in [-0.39, 0.29) is 17.4 Å². The molecule has 1 fully saturated rings. The number of H-pyrrole nitrogens is 1. The van der Waals surface area contributed by atoms with Crippen molar-refractivity contribution in [3.63, 3.8) is 0 Å². The van der Waals surface area contributed by atoms with Gasteiger partial charge in [-0.25, -0.2) is 0 Å². The van der Waals surface area contributed by atoms with Crippen molar-refractivity contribution in [3.8, 4) is 0 Å². The summed E-state index contributed by atoms with van der Waals surface area (Å²) < 4.78 is 0. The Kier molecular flexibility index (Phi) is 1.79. The molecule has 0 aliphatic heterocycles. The number of hydrogen-bond acceptors (Lipinski definition) is 1. The van der Waals surface area contributed by atoms with Crippen molar-refractivity contribution in [1.82, 2.24) is 4.98 Å². The lowest BCUT2D eigenvalue weighted by atomic mass is 9.88. The molecule has 0 bridgehead atoms. The molecule has 2 aromatic rings. The quantitative estimate of drug-likeness (QED) is 0.794. The average Bonchev–Trinajstić information content (AvgIpc) is 2.67. The fourth-order valence-corrected chi connectivity index (χ4v) is 2.99. The van der Waals surface area contributed by atoms with E-state index in [0.717, 1.165) is 11.9 Å². The summed E-state index contributed by atoms with van der Waals surface area (Å²) in [6.07, 6.45) is 3.13. The first-order chi connectivity index (χ1) is 7.61. The second-order valence-electron chi connectivity index (χ2n) is 5.55. The maximum absolute atomic E-state index is 9.71. The molecule has 1 aliphatic rings. The van der Waals surface area contributed by atoms with Crippen molar-refractivity contribution in [2.24, 2.45) is 5.41 Å². The highest BCUT2D eigenvalue weighted by molar-refractivity contribution is 5.85. The lowest BCUT2D eigenvalue weighted by Gasteiger charge is -2.17. The SMILES string of the molecule is CC1(C)CC1(CO)c1c[nH]c2ccccc12. The van der Waals surface area contributed by atoms with Crippen molar-refractivity contribution in [2.45, 2.75) is 25.7 Å². The van der Waals surface area contributed by atoms with Gasteiger partial charge in [-0.2, -0.15) is 0 Å². The first-order valence-corrected chi connectivity index (χ1v) is 5.78. The van der Waals surface area contributed by atoms with Gasteiger partial charge >= 0.3 is 0 Å². The smallest absolute Gasteiger partial charge is 0.0534 e. The summed E-state index contributed by atoms with van der Waals surface area (Å²) in [5.74, 6) is 0. The van der Waals surface area contributed by atoms with E-state index < -0.39 is 0 Å². The Morgan fingerprint density at radius 3 is 2.62 bits per heavy atom. The highest BCUT2D eigenvalue weighted by Gasteiger charge is 2.62. The van der Waals surface area contributed by atoms with Crippen LogP contribution in [0.15, 0.2) is 30.5 Å². The minimum atomic E-state index is -0.0351. The Morgan fingerprint density at radius 2 is 2.00 bits per heavy atom. The Hall–Kier alpha value is -1.28. The number of aliphatic hydroxyl groups is 1. The summed E-state index contributed by atoms with van der Waals surface area (Å²) in [7, 11) is 0. The number of benzene rings is 1. The molecule has 2 nitrogen and oxygen atoms in total.